The third kappa shape index (κ3) is 16.1. The zero-order valence-corrected chi connectivity index (χ0v) is 14.7. The van der Waals surface area contributed by atoms with Gasteiger partial charge >= 0.3 is 0 Å². The summed E-state index contributed by atoms with van der Waals surface area (Å²) in [4.78, 5) is 0. The summed E-state index contributed by atoms with van der Waals surface area (Å²) in [5.41, 5.74) is 0. The van der Waals surface area contributed by atoms with Gasteiger partial charge in [-0.25, -0.2) is 0 Å². The zero-order chi connectivity index (χ0) is 14.6. The van der Waals surface area contributed by atoms with Crippen LogP contribution in [0.25, 0.3) is 0 Å². The Kier molecular flexibility index (Phi) is 12.0. The summed E-state index contributed by atoms with van der Waals surface area (Å²) in [5, 5.41) is 8.74. The van der Waals surface area contributed by atoms with Crippen molar-refractivity contribution >= 4 is 8.32 Å². The molecule has 0 aliphatic heterocycles. The second-order valence-corrected chi connectivity index (χ2v) is 11.4. The van der Waals surface area contributed by atoms with Gasteiger partial charge in [-0.3, -0.25) is 0 Å². The number of rotatable bonds is 13. The summed E-state index contributed by atoms with van der Waals surface area (Å²) in [5.74, 6) is 0.835. The van der Waals surface area contributed by atoms with E-state index in [1.54, 1.807) is 0 Å². The van der Waals surface area contributed by atoms with Crippen LogP contribution in [-0.2, 0) is 4.43 Å². The maximum Gasteiger partial charge on any atom is 0.183 e. The molecule has 0 aromatic heterocycles. The normalized spacial score (nSPS) is 13.7. The first kappa shape index (κ1) is 19.1. The molecule has 0 amide bonds. The maximum absolute atomic E-state index is 8.74. The van der Waals surface area contributed by atoms with Gasteiger partial charge < -0.3 is 9.53 Å². The molecule has 0 bridgehead atoms. The quantitative estimate of drug-likeness (QED) is 0.383. The Morgan fingerprint density at radius 1 is 0.842 bits per heavy atom. The van der Waals surface area contributed by atoms with E-state index >= 15 is 0 Å². The standard InChI is InChI=1S/C16H36O2Si/c1-16(13-9-10-14-17)12-8-6-5-7-11-15-18-19(2,3)4/h16-17H,5-15H2,1-4H3. The van der Waals surface area contributed by atoms with Crippen molar-refractivity contribution < 1.29 is 9.53 Å². The lowest BCUT2D eigenvalue weighted by Crippen LogP contribution is -2.25. The molecular formula is C16H36O2Si. The average Bonchev–Trinajstić information content (AvgIpc) is 2.31. The Hall–Kier alpha value is 0.137. The van der Waals surface area contributed by atoms with Crippen LogP contribution in [0.5, 0.6) is 0 Å². The molecule has 1 N–H and O–H groups in total. The topological polar surface area (TPSA) is 29.5 Å². The molecule has 1 unspecified atom stereocenters. The third-order valence-electron chi connectivity index (χ3n) is 3.48. The van der Waals surface area contributed by atoms with Crippen molar-refractivity contribution in [1.82, 2.24) is 0 Å². The molecule has 1 atom stereocenters. The minimum absolute atomic E-state index is 0.353. The lowest BCUT2D eigenvalue weighted by Gasteiger charge is -2.16. The van der Waals surface area contributed by atoms with E-state index in [9.17, 15) is 0 Å². The molecule has 3 heteroatoms. The average molecular weight is 289 g/mol. The number of aliphatic hydroxyl groups excluding tert-OH is 1. The van der Waals surface area contributed by atoms with Gasteiger partial charge in [-0.1, -0.05) is 51.9 Å². The summed E-state index contributed by atoms with van der Waals surface area (Å²) in [7, 11) is -1.28. The van der Waals surface area contributed by atoms with Gasteiger partial charge in [-0.2, -0.15) is 0 Å². The monoisotopic (exact) mass is 288 g/mol. The summed E-state index contributed by atoms with van der Waals surface area (Å²) >= 11 is 0. The molecule has 0 fully saturated rings. The van der Waals surface area contributed by atoms with Crippen molar-refractivity contribution in [1.29, 1.82) is 0 Å². The highest BCUT2D eigenvalue weighted by Crippen LogP contribution is 2.16. The van der Waals surface area contributed by atoms with E-state index in [-0.39, 0.29) is 0 Å². The van der Waals surface area contributed by atoms with Crippen molar-refractivity contribution in [3.8, 4) is 0 Å². The minimum atomic E-state index is -1.28. The number of hydrogen-bond acceptors (Lipinski definition) is 2. The zero-order valence-electron chi connectivity index (χ0n) is 13.7. The van der Waals surface area contributed by atoms with Crippen molar-refractivity contribution in [3.63, 3.8) is 0 Å². The predicted molar refractivity (Wildman–Crippen MR) is 87.1 cm³/mol. The first-order valence-corrected chi connectivity index (χ1v) is 11.6. The molecule has 0 saturated carbocycles. The van der Waals surface area contributed by atoms with Crippen LogP contribution in [-0.4, -0.2) is 26.6 Å². The largest absolute Gasteiger partial charge is 0.418 e. The van der Waals surface area contributed by atoms with Gasteiger partial charge in [0.15, 0.2) is 8.32 Å². The van der Waals surface area contributed by atoms with Gasteiger partial charge in [0.25, 0.3) is 0 Å². The second-order valence-electron chi connectivity index (χ2n) is 6.84. The van der Waals surface area contributed by atoms with E-state index in [1.165, 1.54) is 51.4 Å². The molecule has 0 aliphatic carbocycles. The number of hydrogen-bond donors (Lipinski definition) is 1. The summed E-state index contributed by atoms with van der Waals surface area (Å²) in [6.45, 7) is 10.4. The van der Waals surface area contributed by atoms with Crippen LogP contribution in [0.1, 0.15) is 64.7 Å². The molecular weight excluding hydrogens is 252 g/mol. The first-order valence-electron chi connectivity index (χ1n) is 8.20. The molecule has 2 nitrogen and oxygen atoms in total. The van der Waals surface area contributed by atoms with Gasteiger partial charge in [-0.05, 0) is 38.4 Å². The van der Waals surface area contributed by atoms with Crippen LogP contribution >= 0.6 is 0 Å². The Labute approximate surface area is 122 Å². The third-order valence-corrected chi connectivity index (χ3v) is 4.55. The van der Waals surface area contributed by atoms with Crippen LogP contribution in [0.15, 0.2) is 0 Å². The SMILES string of the molecule is CC(CCCCO)CCCCCCCO[Si](C)(C)C. The predicted octanol–water partition coefficient (Wildman–Crippen LogP) is 4.98. The van der Waals surface area contributed by atoms with E-state index in [4.69, 9.17) is 9.53 Å². The fraction of sp³-hybridized carbons (Fsp3) is 1.00. The van der Waals surface area contributed by atoms with Gasteiger partial charge in [-0.15, -0.1) is 0 Å². The van der Waals surface area contributed by atoms with Gasteiger partial charge in [0.05, 0.1) is 0 Å². The minimum Gasteiger partial charge on any atom is -0.418 e. The molecule has 0 spiro atoms. The maximum atomic E-state index is 8.74. The molecule has 0 heterocycles. The lowest BCUT2D eigenvalue weighted by molar-refractivity contribution is 0.277. The highest BCUT2D eigenvalue weighted by Gasteiger charge is 2.12. The van der Waals surface area contributed by atoms with E-state index in [1.807, 2.05) is 0 Å². The number of aliphatic hydroxyl groups is 1. The highest BCUT2D eigenvalue weighted by atomic mass is 28.4. The summed E-state index contributed by atoms with van der Waals surface area (Å²) in [6.07, 6.45) is 11.5. The second kappa shape index (κ2) is 11.9. The van der Waals surface area contributed by atoms with Crippen LogP contribution < -0.4 is 0 Å². The van der Waals surface area contributed by atoms with Crippen LogP contribution in [0.4, 0.5) is 0 Å². The number of unbranched alkanes of at least 4 members (excludes halogenated alkanes) is 5. The first-order chi connectivity index (χ1) is 8.95. The molecule has 0 rings (SSSR count). The van der Waals surface area contributed by atoms with E-state index in [0.29, 0.717) is 6.61 Å². The molecule has 19 heavy (non-hydrogen) atoms. The van der Waals surface area contributed by atoms with Crippen molar-refractivity contribution in [2.45, 2.75) is 84.4 Å². The van der Waals surface area contributed by atoms with Crippen molar-refractivity contribution in [2.24, 2.45) is 5.92 Å². The Morgan fingerprint density at radius 2 is 1.37 bits per heavy atom. The van der Waals surface area contributed by atoms with Crippen molar-refractivity contribution in [3.05, 3.63) is 0 Å². The smallest absolute Gasteiger partial charge is 0.183 e. The molecule has 0 aromatic rings. The molecule has 0 saturated heterocycles. The van der Waals surface area contributed by atoms with Gasteiger partial charge in [0, 0.05) is 13.2 Å². The Morgan fingerprint density at radius 3 is 1.95 bits per heavy atom. The molecule has 0 radical (unpaired) electrons. The van der Waals surface area contributed by atoms with Gasteiger partial charge in [0.2, 0.25) is 0 Å². The van der Waals surface area contributed by atoms with E-state index in [0.717, 1.165) is 18.9 Å². The van der Waals surface area contributed by atoms with E-state index < -0.39 is 8.32 Å². The van der Waals surface area contributed by atoms with Gasteiger partial charge in [0.1, 0.15) is 0 Å². The van der Waals surface area contributed by atoms with E-state index in [2.05, 4.69) is 26.6 Å². The summed E-state index contributed by atoms with van der Waals surface area (Å²) < 4.78 is 5.85. The van der Waals surface area contributed by atoms with Crippen LogP contribution in [0, 0.1) is 5.92 Å². The summed E-state index contributed by atoms with van der Waals surface area (Å²) in [6, 6.07) is 0. The van der Waals surface area contributed by atoms with Crippen LogP contribution in [0.2, 0.25) is 19.6 Å². The molecule has 0 aromatic carbocycles. The fourth-order valence-corrected chi connectivity index (χ4v) is 3.01. The fourth-order valence-electron chi connectivity index (χ4n) is 2.25. The Balaban J connectivity index is 3.18. The lowest BCUT2D eigenvalue weighted by atomic mass is 9.97. The van der Waals surface area contributed by atoms with Crippen molar-refractivity contribution in [2.75, 3.05) is 13.2 Å². The molecule has 116 valence electrons. The molecule has 0 aliphatic rings. The highest BCUT2D eigenvalue weighted by molar-refractivity contribution is 6.69. The van der Waals surface area contributed by atoms with Crippen LogP contribution in [0.3, 0.4) is 0 Å². The Bertz CT molecular complexity index is 190.